The quantitative estimate of drug-likeness (QED) is 0.401. The molecule has 0 spiro atoms. The Morgan fingerprint density at radius 3 is 2.32 bits per heavy atom. The molecule has 0 saturated heterocycles. The van der Waals surface area contributed by atoms with Crippen molar-refractivity contribution in [1.82, 2.24) is 9.97 Å². The second-order valence-corrected chi connectivity index (χ2v) is 8.42. The molecule has 0 amide bonds. The number of para-hydroxylation sites is 1. The van der Waals surface area contributed by atoms with Gasteiger partial charge >= 0.3 is 0 Å². The number of aromatic nitrogens is 2. The Labute approximate surface area is 173 Å². The first-order valence-electron chi connectivity index (χ1n) is 8.09. The molecule has 0 unspecified atom stereocenters. The first-order chi connectivity index (χ1) is 13.5. The van der Waals surface area contributed by atoms with Crippen LogP contribution >= 0.6 is 24.0 Å². The molecule has 0 atom stereocenters. The lowest BCUT2D eigenvalue weighted by Gasteiger charge is -2.13. The predicted octanol–water partition coefficient (Wildman–Crippen LogP) is 3.81. The minimum Gasteiger partial charge on any atom is -0.332 e. The molecule has 0 bridgehead atoms. The Bertz CT molecular complexity index is 1060. The SMILES string of the molecule is CSc1ccccc1NC(=S)Nc1ccc(S(=O)(=O)Nc2ncccn2)cc1. The van der Waals surface area contributed by atoms with E-state index in [-0.39, 0.29) is 10.8 Å². The van der Waals surface area contributed by atoms with E-state index in [0.717, 1.165) is 10.6 Å². The molecule has 0 saturated carbocycles. The summed E-state index contributed by atoms with van der Waals surface area (Å²) in [5.74, 6) is 0.0162. The van der Waals surface area contributed by atoms with Crippen LogP contribution in [0.15, 0.2) is 76.8 Å². The van der Waals surface area contributed by atoms with Gasteiger partial charge in [-0.25, -0.2) is 23.1 Å². The molecule has 3 rings (SSSR count). The molecule has 1 aromatic heterocycles. The Hall–Kier alpha value is -2.69. The smallest absolute Gasteiger partial charge is 0.264 e. The lowest BCUT2D eigenvalue weighted by Crippen LogP contribution is -2.19. The van der Waals surface area contributed by atoms with Crippen LogP contribution < -0.4 is 15.4 Å². The van der Waals surface area contributed by atoms with Crippen LogP contribution in [0.3, 0.4) is 0 Å². The van der Waals surface area contributed by atoms with Crippen LogP contribution in [0.2, 0.25) is 0 Å². The molecule has 0 aliphatic carbocycles. The highest BCUT2D eigenvalue weighted by molar-refractivity contribution is 7.98. The third-order valence-corrected chi connectivity index (χ3v) is 5.91. The van der Waals surface area contributed by atoms with Gasteiger partial charge in [-0.05, 0) is 60.9 Å². The fraction of sp³-hybridized carbons (Fsp3) is 0.0556. The number of sulfonamides is 1. The summed E-state index contributed by atoms with van der Waals surface area (Å²) in [4.78, 5) is 8.89. The zero-order valence-electron chi connectivity index (χ0n) is 14.8. The molecule has 0 aliphatic heterocycles. The van der Waals surface area contributed by atoms with Crippen molar-refractivity contribution >= 4 is 56.4 Å². The number of rotatable bonds is 6. The lowest BCUT2D eigenvalue weighted by molar-refractivity contribution is 0.601. The minimum absolute atomic E-state index is 0.0162. The van der Waals surface area contributed by atoms with Gasteiger partial charge in [0.05, 0.1) is 10.6 Å². The van der Waals surface area contributed by atoms with E-state index >= 15 is 0 Å². The van der Waals surface area contributed by atoms with E-state index in [2.05, 4.69) is 25.3 Å². The molecule has 0 radical (unpaired) electrons. The number of nitrogens with zero attached hydrogens (tertiary/aromatic N) is 2. The van der Waals surface area contributed by atoms with Crippen molar-refractivity contribution in [3.63, 3.8) is 0 Å². The average molecular weight is 432 g/mol. The van der Waals surface area contributed by atoms with Crippen molar-refractivity contribution in [2.24, 2.45) is 0 Å². The van der Waals surface area contributed by atoms with Crippen LogP contribution in [0.1, 0.15) is 0 Å². The fourth-order valence-corrected chi connectivity index (χ4v) is 4.02. The zero-order valence-corrected chi connectivity index (χ0v) is 17.2. The molecule has 28 heavy (non-hydrogen) atoms. The van der Waals surface area contributed by atoms with Gasteiger partial charge < -0.3 is 10.6 Å². The van der Waals surface area contributed by atoms with Crippen molar-refractivity contribution in [3.05, 3.63) is 67.0 Å². The third kappa shape index (κ3) is 5.18. The van der Waals surface area contributed by atoms with E-state index in [1.165, 1.54) is 24.5 Å². The number of thiocarbonyl (C=S) groups is 1. The summed E-state index contributed by atoms with van der Waals surface area (Å²) in [7, 11) is -3.77. The molecule has 2 aromatic carbocycles. The number of hydrogen-bond acceptors (Lipinski definition) is 6. The standard InChI is InChI=1S/C18H17N5O2S3/c1-27-16-6-3-2-5-15(16)22-18(26)21-13-7-9-14(10-8-13)28(24,25)23-17-19-11-4-12-20-17/h2-12H,1H3,(H,19,20,23)(H2,21,22,26). The highest BCUT2D eigenvalue weighted by Crippen LogP contribution is 2.25. The van der Waals surface area contributed by atoms with E-state index in [1.807, 2.05) is 30.5 Å². The summed E-state index contributed by atoms with van der Waals surface area (Å²) in [6.07, 6.45) is 4.91. The van der Waals surface area contributed by atoms with Crippen molar-refractivity contribution in [2.45, 2.75) is 9.79 Å². The molecular weight excluding hydrogens is 414 g/mol. The molecule has 7 nitrogen and oxygen atoms in total. The Balaban J connectivity index is 1.66. The van der Waals surface area contributed by atoms with Crippen molar-refractivity contribution in [2.75, 3.05) is 21.6 Å². The van der Waals surface area contributed by atoms with Crippen molar-refractivity contribution < 1.29 is 8.42 Å². The normalized spacial score (nSPS) is 10.9. The van der Waals surface area contributed by atoms with E-state index < -0.39 is 10.0 Å². The minimum atomic E-state index is -3.77. The van der Waals surface area contributed by atoms with E-state index in [1.54, 1.807) is 30.0 Å². The van der Waals surface area contributed by atoms with Crippen LogP contribution in [0.25, 0.3) is 0 Å². The Kier molecular flexibility index (Phi) is 6.45. The molecule has 0 aliphatic rings. The number of benzene rings is 2. The number of thioether (sulfide) groups is 1. The highest BCUT2D eigenvalue weighted by atomic mass is 32.2. The van der Waals surface area contributed by atoms with Crippen LogP contribution in [-0.4, -0.2) is 29.8 Å². The van der Waals surface area contributed by atoms with Crippen molar-refractivity contribution in [1.29, 1.82) is 0 Å². The molecule has 10 heteroatoms. The van der Waals surface area contributed by atoms with Crippen LogP contribution in [0.4, 0.5) is 17.3 Å². The van der Waals surface area contributed by atoms with Gasteiger partial charge in [-0.15, -0.1) is 11.8 Å². The summed E-state index contributed by atoms with van der Waals surface area (Å²) in [6.45, 7) is 0. The van der Waals surface area contributed by atoms with Gasteiger partial charge in [-0.3, -0.25) is 0 Å². The van der Waals surface area contributed by atoms with Gasteiger partial charge in [0, 0.05) is 23.0 Å². The maximum atomic E-state index is 12.4. The van der Waals surface area contributed by atoms with Crippen molar-refractivity contribution in [3.8, 4) is 0 Å². The number of anilines is 3. The zero-order chi connectivity index (χ0) is 20.0. The van der Waals surface area contributed by atoms with Crippen LogP contribution in [-0.2, 0) is 10.0 Å². The highest BCUT2D eigenvalue weighted by Gasteiger charge is 2.15. The summed E-state index contributed by atoms with van der Waals surface area (Å²) in [5.41, 5.74) is 1.56. The molecule has 144 valence electrons. The fourth-order valence-electron chi connectivity index (χ4n) is 2.28. The molecule has 1 heterocycles. The summed E-state index contributed by atoms with van der Waals surface area (Å²) < 4.78 is 27.1. The average Bonchev–Trinajstić information content (AvgIpc) is 2.69. The molecular formula is C18H17N5O2S3. The van der Waals surface area contributed by atoms with E-state index in [9.17, 15) is 8.42 Å². The molecule has 3 N–H and O–H groups in total. The summed E-state index contributed by atoms with van der Waals surface area (Å²) >= 11 is 6.96. The first-order valence-corrected chi connectivity index (χ1v) is 11.2. The monoisotopic (exact) mass is 431 g/mol. The van der Waals surface area contributed by atoms with Gasteiger partial charge in [0.1, 0.15) is 0 Å². The van der Waals surface area contributed by atoms with Gasteiger partial charge in [-0.1, -0.05) is 12.1 Å². The van der Waals surface area contributed by atoms with Gasteiger partial charge in [0.25, 0.3) is 10.0 Å². The second kappa shape index (κ2) is 9.00. The first kappa shape index (κ1) is 20.1. The molecule has 0 fully saturated rings. The second-order valence-electron chi connectivity index (χ2n) is 5.48. The Morgan fingerprint density at radius 2 is 1.64 bits per heavy atom. The summed E-state index contributed by atoms with van der Waals surface area (Å²) in [5, 5.41) is 6.59. The van der Waals surface area contributed by atoms with Gasteiger partial charge in [0.2, 0.25) is 5.95 Å². The number of nitrogens with one attached hydrogen (secondary N) is 3. The largest absolute Gasteiger partial charge is 0.332 e. The molecule has 3 aromatic rings. The maximum absolute atomic E-state index is 12.4. The number of hydrogen-bond donors (Lipinski definition) is 3. The summed E-state index contributed by atoms with van der Waals surface area (Å²) in [6, 6.07) is 15.6. The van der Waals surface area contributed by atoms with E-state index in [0.29, 0.717) is 10.8 Å². The topological polar surface area (TPSA) is 96.0 Å². The maximum Gasteiger partial charge on any atom is 0.264 e. The van der Waals surface area contributed by atoms with Gasteiger partial charge in [-0.2, -0.15) is 0 Å². The van der Waals surface area contributed by atoms with Gasteiger partial charge in [0.15, 0.2) is 5.11 Å². The van der Waals surface area contributed by atoms with Crippen LogP contribution in [0.5, 0.6) is 0 Å². The van der Waals surface area contributed by atoms with Crippen LogP contribution in [0, 0.1) is 0 Å². The lowest BCUT2D eigenvalue weighted by atomic mass is 10.3. The Morgan fingerprint density at radius 1 is 0.964 bits per heavy atom. The third-order valence-electron chi connectivity index (χ3n) is 3.57. The van der Waals surface area contributed by atoms with E-state index in [4.69, 9.17) is 12.2 Å². The predicted molar refractivity (Wildman–Crippen MR) is 117 cm³/mol.